The normalized spacial score (nSPS) is 24.7. The van der Waals surface area contributed by atoms with Crippen LogP contribution in [0, 0.1) is 5.92 Å². The molecule has 92 valence electrons. The summed E-state index contributed by atoms with van der Waals surface area (Å²) in [5, 5.41) is 14.7. The first-order valence-corrected chi connectivity index (χ1v) is 5.74. The highest BCUT2D eigenvalue weighted by Crippen LogP contribution is 2.25. The summed E-state index contributed by atoms with van der Waals surface area (Å²) >= 11 is 0. The molecule has 0 aliphatic heterocycles. The van der Waals surface area contributed by atoms with Gasteiger partial charge in [0.15, 0.2) is 0 Å². The molecule has 1 rings (SSSR count). The van der Waals surface area contributed by atoms with E-state index >= 15 is 0 Å². The van der Waals surface area contributed by atoms with Crippen LogP contribution in [0.5, 0.6) is 0 Å². The second-order valence-electron chi connectivity index (χ2n) is 4.65. The topological polar surface area (TPSA) is 78.4 Å². The van der Waals surface area contributed by atoms with Gasteiger partial charge in [-0.2, -0.15) is 0 Å². The Bertz CT molecular complexity index is 266. The lowest BCUT2D eigenvalue weighted by Gasteiger charge is -2.13. The van der Waals surface area contributed by atoms with Gasteiger partial charge in [-0.3, -0.25) is 9.59 Å². The molecule has 0 spiro atoms. The summed E-state index contributed by atoms with van der Waals surface area (Å²) in [6.07, 6.45) is 1.99. The Balaban J connectivity index is 2.23. The van der Waals surface area contributed by atoms with E-state index in [1.54, 1.807) is 0 Å². The van der Waals surface area contributed by atoms with Gasteiger partial charge in [0.25, 0.3) is 0 Å². The number of aliphatic carboxylic acids is 1. The summed E-state index contributed by atoms with van der Waals surface area (Å²) in [6, 6.07) is 0.309. The highest BCUT2D eigenvalue weighted by molar-refractivity contribution is 5.78. The lowest BCUT2D eigenvalue weighted by Crippen LogP contribution is -2.41. The predicted octanol–water partition coefficient (Wildman–Crippen LogP) is 0.354. The number of hydrogen-bond acceptors (Lipinski definition) is 3. The number of carbonyl (C=O) groups is 2. The van der Waals surface area contributed by atoms with Crippen molar-refractivity contribution in [3.05, 3.63) is 0 Å². The number of carbonyl (C=O) groups excluding carboxylic acids is 1. The fraction of sp³-hybridized carbons (Fsp3) is 0.818. The van der Waals surface area contributed by atoms with Crippen molar-refractivity contribution in [2.75, 3.05) is 6.54 Å². The van der Waals surface area contributed by atoms with E-state index in [-0.39, 0.29) is 23.9 Å². The molecule has 0 bridgehead atoms. The Morgan fingerprint density at radius 2 is 2.06 bits per heavy atom. The summed E-state index contributed by atoms with van der Waals surface area (Å²) < 4.78 is 0. The molecule has 1 saturated carbocycles. The maximum Gasteiger partial charge on any atom is 0.306 e. The second kappa shape index (κ2) is 5.84. The molecule has 5 nitrogen and oxygen atoms in total. The quantitative estimate of drug-likeness (QED) is 0.634. The molecule has 0 saturated heterocycles. The number of nitrogens with one attached hydrogen (secondary N) is 2. The molecule has 2 atom stereocenters. The summed E-state index contributed by atoms with van der Waals surface area (Å²) in [7, 11) is 0. The largest absolute Gasteiger partial charge is 0.481 e. The minimum absolute atomic E-state index is 0.0302. The third kappa shape index (κ3) is 4.18. The zero-order valence-corrected chi connectivity index (χ0v) is 9.82. The number of carboxylic acid groups (broad SMARTS) is 1. The Morgan fingerprint density at radius 3 is 2.56 bits per heavy atom. The van der Waals surface area contributed by atoms with Crippen molar-refractivity contribution in [1.82, 2.24) is 10.6 Å². The van der Waals surface area contributed by atoms with E-state index in [2.05, 4.69) is 10.6 Å². The molecule has 1 aliphatic carbocycles. The highest BCUT2D eigenvalue weighted by Gasteiger charge is 2.30. The lowest BCUT2D eigenvalue weighted by molar-refractivity contribution is -0.141. The molecule has 1 amide bonds. The lowest BCUT2D eigenvalue weighted by atomic mass is 10.1. The van der Waals surface area contributed by atoms with Crippen LogP contribution in [0.1, 0.15) is 33.1 Å². The molecule has 1 fully saturated rings. The molecule has 0 aromatic heterocycles. The van der Waals surface area contributed by atoms with Crippen LogP contribution in [0.4, 0.5) is 0 Å². The average Bonchev–Trinajstić information content (AvgIpc) is 2.63. The van der Waals surface area contributed by atoms with Gasteiger partial charge in [0.2, 0.25) is 5.91 Å². The first kappa shape index (κ1) is 13.0. The van der Waals surface area contributed by atoms with E-state index < -0.39 is 5.97 Å². The molecule has 0 heterocycles. The van der Waals surface area contributed by atoms with Crippen LogP contribution in [0.3, 0.4) is 0 Å². The monoisotopic (exact) mass is 228 g/mol. The molecule has 0 aromatic rings. The maximum atomic E-state index is 11.5. The minimum Gasteiger partial charge on any atom is -0.481 e. The van der Waals surface area contributed by atoms with Crippen LogP contribution in [0.2, 0.25) is 0 Å². The molecule has 0 radical (unpaired) electrons. The van der Waals surface area contributed by atoms with E-state index in [0.29, 0.717) is 19.4 Å². The fourth-order valence-corrected chi connectivity index (χ4v) is 1.91. The summed E-state index contributed by atoms with van der Waals surface area (Å²) in [6.45, 7) is 4.25. The number of carboxylic acids is 1. The number of rotatable bonds is 5. The third-order valence-corrected chi connectivity index (χ3v) is 2.82. The molecule has 16 heavy (non-hydrogen) atoms. The van der Waals surface area contributed by atoms with Gasteiger partial charge in [0.05, 0.1) is 12.5 Å². The van der Waals surface area contributed by atoms with Crippen LogP contribution in [0.15, 0.2) is 0 Å². The molecule has 1 aliphatic rings. The Kier molecular flexibility index (Phi) is 4.73. The molecule has 2 unspecified atom stereocenters. The molecule has 3 N–H and O–H groups in total. The zero-order chi connectivity index (χ0) is 12.1. The van der Waals surface area contributed by atoms with Gasteiger partial charge in [-0.05, 0) is 19.3 Å². The second-order valence-corrected chi connectivity index (χ2v) is 4.65. The van der Waals surface area contributed by atoms with Crippen LogP contribution in [-0.2, 0) is 9.59 Å². The first-order chi connectivity index (χ1) is 7.49. The van der Waals surface area contributed by atoms with E-state index in [1.807, 2.05) is 13.8 Å². The average molecular weight is 228 g/mol. The predicted molar refractivity (Wildman–Crippen MR) is 60.0 cm³/mol. The molecule has 0 aromatic carbocycles. The van der Waals surface area contributed by atoms with Crippen LogP contribution < -0.4 is 10.6 Å². The van der Waals surface area contributed by atoms with Crippen LogP contribution in [0.25, 0.3) is 0 Å². The zero-order valence-electron chi connectivity index (χ0n) is 9.82. The van der Waals surface area contributed by atoms with Crippen molar-refractivity contribution < 1.29 is 14.7 Å². The van der Waals surface area contributed by atoms with Gasteiger partial charge in [0, 0.05) is 12.1 Å². The van der Waals surface area contributed by atoms with Crippen molar-refractivity contribution >= 4 is 11.9 Å². The van der Waals surface area contributed by atoms with Crippen molar-refractivity contribution in [2.45, 2.75) is 45.2 Å². The van der Waals surface area contributed by atoms with Crippen LogP contribution in [-0.4, -0.2) is 35.6 Å². The molecular weight excluding hydrogens is 208 g/mol. The third-order valence-electron chi connectivity index (χ3n) is 2.82. The van der Waals surface area contributed by atoms with E-state index in [0.717, 1.165) is 6.42 Å². The van der Waals surface area contributed by atoms with Crippen molar-refractivity contribution in [3.8, 4) is 0 Å². The smallest absolute Gasteiger partial charge is 0.306 e. The Morgan fingerprint density at radius 1 is 1.38 bits per heavy atom. The summed E-state index contributed by atoms with van der Waals surface area (Å²) in [4.78, 5) is 22.2. The SMILES string of the molecule is CC(C)NCC(=O)NC1CCC(C(=O)O)C1. The van der Waals surface area contributed by atoms with Gasteiger partial charge in [0.1, 0.15) is 0 Å². The maximum absolute atomic E-state index is 11.5. The number of amides is 1. The standard InChI is InChI=1S/C11H20N2O3/c1-7(2)12-6-10(14)13-9-4-3-8(5-9)11(15)16/h7-9,12H,3-6H2,1-2H3,(H,13,14)(H,15,16). The first-order valence-electron chi connectivity index (χ1n) is 5.74. The summed E-state index contributed by atoms with van der Waals surface area (Å²) in [5.41, 5.74) is 0. The highest BCUT2D eigenvalue weighted by atomic mass is 16.4. The van der Waals surface area contributed by atoms with Crippen molar-refractivity contribution in [3.63, 3.8) is 0 Å². The van der Waals surface area contributed by atoms with Crippen molar-refractivity contribution in [2.24, 2.45) is 5.92 Å². The van der Waals surface area contributed by atoms with Gasteiger partial charge in [-0.15, -0.1) is 0 Å². The fourth-order valence-electron chi connectivity index (χ4n) is 1.91. The van der Waals surface area contributed by atoms with E-state index in [9.17, 15) is 9.59 Å². The summed E-state index contributed by atoms with van der Waals surface area (Å²) in [5.74, 6) is -1.09. The van der Waals surface area contributed by atoms with Gasteiger partial charge >= 0.3 is 5.97 Å². The Hall–Kier alpha value is -1.10. The minimum atomic E-state index is -0.753. The van der Waals surface area contributed by atoms with Crippen molar-refractivity contribution in [1.29, 1.82) is 0 Å². The van der Waals surface area contributed by atoms with Gasteiger partial charge in [-0.25, -0.2) is 0 Å². The van der Waals surface area contributed by atoms with Gasteiger partial charge in [-0.1, -0.05) is 13.8 Å². The molecule has 5 heteroatoms. The number of hydrogen-bond donors (Lipinski definition) is 3. The van der Waals surface area contributed by atoms with E-state index in [4.69, 9.17) is 5.11 Å². The van der Waals surface area contributed by atoms with Gasteiger partial charge < -0.3 is 15.7 Å². The van der Waals surface area contributed by atoms with Crippen LogP contribution >= 0.6 is 0 Å². The molecular formula is C11H20N2O3. The van der Waals surface area contributed by atoms with E-state index in [1.165, 1.54) is 0 Å². The Labute approximate surface area is 95.6 Å².